The fourth-order valence-electron chi connectivity index (χ4n) is 2.45. The van der Waals surface area contributed by atoms with Gasteiger partial charge in [-0.05, 0) is 42.8 Å². The molecule has 0 aromatic heterocycles. The zero-order valence-corrected chi connectivity index (χ0v) is 15.1. The van der Waals surface area contributed by atoms with E-state index in [1.54, 1.807) is 6.92 Å². The maximum Gasteiger partial charge on any atom is 0.253 e. The van der Waals surface area contributed by atoms with Crippen molar-refractivity contribution in [2.45, 2.75) is 6.92 Å². The minimum atomic E-state index is -0.211. The summed E-state index contributed by atoms with van der Waals surface area (Å²) in [6.07, 6.45) is 1.85. The zero-order valence-electron chi connectivity index (χ0n) is 15.1. The summed E-state index contributed by atoms with van der Waals surface area (Å²) in [6.45, 7) is 1.78. The molecular weight excluding hydrogens is 334 g/mol. The molecule has 0 unspecified atom stereocenters. The number of hydrogen-bond acceptors (Lipinski definition) is 2. The van der Waals surface area contributed by atoms with E-state index in [9.17, 15) is 4.79 Å². The van der Waals surface area contributed by atoms with Crippen LogP contribution in [-0.2, 0) is 4.79 Å². The largest absolute Gasteiger partial charge is 0.326 e. The fourth-order valence-corrected chi connectivity index (χ4v) is 2.45. The Hall–Kier alpha value is -3.66. The monoisotopic (exact) mass is 355 g/mol. The second-order valence-electron chi connectivity index (χ2n) is 5.98. The van der Waals surface area contributed by atoms with Crippen LogP contribution in [0.4, 0.5) is 11.4 Å². The summed E-state index contributed by atoms with van der Waals surface area (Å²) in [7, 11) is 0. The summed E-state index contributed by atoms with van der Waals surface area (Å²) in [4.78, 5) is 17.2. The molecule has 4 nitrogen and oxygen atoms in total. The zero-order chi connectivity index (χ0) is 18.9. The molecule has 134 valence electrons. The van der Waals surface area contributed by atoms with Gasteiger partial charge in [0.25, 0.3) is 5.91 Å². The second kappa shape index (κ2) is 9.15. The average molecular weight is 355 g/mol. The molecule has 1 amide bonds. The molecule has 0 heterocycles. The van der Waals surface area contributed by atoms with Gasteiger partial charge in [0.05, 0.1) is 5.69 Å². The van der Waals surface area contributed by atoms with Crippen LogP contribution < -0.4 is 10.6 Å². The number of carbonyl (C=O) groups excluding carboxylic acids is 1. The van der Waals surface area contributed by atoms with Crippen LogP contribution in [0.3, 0.4) is 0 Å². The first-order valence-electron chi connectivity index (χ1n) is 8.71. The Morgan fingerprint density at radius 2 is 1.37 bits per heavy atom. The van der Waals surface area contributed by atoms with Crippen LogP contribution in [0.5, 0.6) is 0 Å². The number of nitrogens with one attached hydrogen (secondary N) is 2. The van der Waals surface area contributed by atoms with Gasteiger partial charge in [0.1, 0.15) is 0 Å². The van der Waals surface area contributed by atoms with E-state index in [0.717, 1.165) is 16.9 Å². The van der Waals surface area contributed by atoms with Gasteiger partial charge in [0, 0.05) is 11.3 Å². The van der Waals surface area contributed by atoms with E-state index in [4.69, 9.17) is 0 Å². The molecule has 2 N–H and O–H groups in total. The maximum absolute atomic E-state index is 12.6. The van der Waals surface area contributed by atoms with E-state index < -0.39 is 0 Å². The quantitative estimate of drug-likeness (QED) is 0.393. The number of carbonyl (C=O) groups is 1. The van der Waals surface area contributed by atoms with Crippen molar-refractivity contribution in [3.05, 3.63) is 102 Å². The van der Waals surface area contributed by atoms with Gasteiger partial charge in [-0.1, -0.05) is 66.7 Å². The first kappa shape index (κ1) is 18.1. The predicted molar refractivity (Wildman–Crippen MR) is 112 cm³/mol. The number of para-hydroxylation sites is 2. The lowest BCUT2D eigenvalue weighted by Crippen LogP contribution is -2.36. The third-order valence-electron chi connectivity index (χ3n) is 3.81. The summed E-state index contributed by atoms with van der Waals surface area (Å²) in [6, 6.07) is 28.8. The molecule has 0 saturated heterocycles. The van der Waals surface area contributed by atoms with E-state index in [2.05, 4.69) is 15.6 Å². The SMILES string of the molecule is C/C(=C\c1ccccc1)C(=O)NC(=Nc1ccccc1)Nc1ccccc1. The summed E-state index contributed by atoms with van der Waals surface area (Å²) >= 11 is 0. The molecular formula is C23H21N3O. The average Bonchev–Trinajstić information content (AvgIpc) is 2.70. The van der Waals surface area contributed by atoms with Gasteiger partial charge < -0.3 is 5.32 Å². The van der Waals surface area contributed by atoms with Gasteiger partial charge in [0.2, 0.25) is 5.96 Å². The Labute approximate surface area is 159 Å². The van der Waals surface area contributed by atoms with Gasteiger partial charge >= 0.3 is 0 Å². The topological polar surface area (TPSA) is 53.5 Å². The molecule has 3 rings (SSSR count). The molecule has 0 bridgehead atoms. The number of aliphatic imine (C=N–C) groups is 1. The van der Waals surface area contributed by atoms with Crippen LogP contribution in [0.2, 0.25) is 0 Å². The van der Waals surface area contributed by atoms with E-state index in [-0.39, 0.29) is 5.91 Å². The summed E-state index contributed by atoms with van der Waals surface area (Å²) in [5.74, 6) is 0.162. The van der Waals surface area contributed by atoms with Crippen molar-refractivity contribution in [2.24, 2.45) is 4.99 Å². The molecule has 4 heteroatoms. The first-order chi connectivity index (χ1) is 13.2. The van der Waals surface area contributed by atoms with Crippen molar-refractivity contribution in [1.29, 1.82) is 0 Å². The van der Waals surface area contributed by atoms with E-state index in [1.165, 1.54) is 0 Å². The highest BCUT2D eigenvalue weighted by molar-refractivity contribution is 6.11. The van der Waals surface area contributed by atoms with Gasteiger partial charge in [0.15, 0.2) is 0 Å². The van der Waals surface area contributed by atoms with Crippen molar-refractivity contribution in [3.63, 3.8) is 0 Å². The van der Waals surface area contributed by atoms with Crippen LogP contribution in [0.1, 0.15) is 12.5 Å². The van der Waals surface area contributed by atoms with E-state index in [0.29, 0.717) is 11.5 Å². The molecule has 0 saturated carbocycles. The Bertz CT molecular complexity index is 933. The molecule has 0 radical (unpaired) electrons. The molecule has 0 atom stereocenters. The van der Waals surface area contributed by atoms with Crippen LogP contribution >= 0.6 is 0 Å². The molecule has 3 aromatic rings. The highest BCUT2D eigenvalue weighted by Gasteiger charge is 2.09. The van der Waals surface area contributed by atoms with Crippen molar-refractivity contribution in [1.82, 2.24) is 5.32 Å². The smallest absolute Gasteiger partial charge is 0.253 e. The van der Waals surface area contributed by atoms with Crippen LogP contribution in [0.15, 0.2) is 102 Å². The second-order valence-corrected chi connectivity index (χ2v) is 5.98. The molecule has 0 spiro atoms. The van der Waals surface area contributed by atoms with Gasteiger partial charge in [-0.15, -0.1) is 0 Å². The van der Waals surface area contributed by atoms with Crippen molar-refractivity contribution < 1.29 is 4.79 Å². The highest BCUT2D eigenvalue weighted by Crippen LogP contribution is 2.12. The predicted octanol–water partition coefficient (Wildman–Crippen LogP) is 5.01. The fraction of sp³-hybridized carbons (Fsp3) is 0.0435. The van der Waals surface area contributed by atoms with E-state index in [1.807, 2.05) is 97.1 Å². The Morgan fingerprint density at radius 3 is 2.00 bits per heavy atom. The standard InChI is InChI=1S/C23H21N3O/c1-18(17-19-11-5-2-6-12-19)22(27)26-23(24-20-13-7-3-8-14-20)25-21-15-9-4-10-16-21/h2-17H,1H3,(H2,24,25,26,27)/b18-17+. The number of hydrogen-bond donors (Lipinski definition) is 2. The number of nitrogens with zero attached hydrogens (tertiary/aromatic N) is 1. The lowest BCUT2D eigenvalue weighted by atomic mass is 10.1. The number of rotatable bonds is 4. The van der Waals surface area contributed by atoms with Crippen molar-refractivity contribution in [3.8, 4) is 0 Å². The molecule has 0 aliphatic heterocycles. The van der Waals surface area contributed by atoms with Crippen molar-refractivity contribution in [2.75, 3.05) is 5.32 Å². The minimum absolute atomic E-state index is 0.211. The molecule has 0 fully saturated rings. The highest BCUT2D eigenvalue weighted by atomic mass is 16.1. The lowest BCUT2D eigenvalue weighted by molar-refractivity contribution is -0.116. The summed E-state index contributed by atoms with van der Waals surface area (Å²) in [5.41, 5.74) is 3.16. The molecule has 0 aliphatic carbocycles. The molecule has 27 heavy (non-hydrogen) atoms. The van der Waals surface area contributed by atoms with E-state index >= 15 is 0 Å². The number of anilines is 1. The molecule has 0 aliphatic rings. The van der Waals surface area contributed by atoms with Gasteiger partial charge in [-0.2, -0.15) is 0 Å². The number of guanidine groups is 1. The summed E-state index contributed by atoms with van der Waals surface area (Å²) in [5, 5.41) is 6.03. The van der Waals surface area contributed by atoms with Crippen molar-refractivity contribution >= 4 is 29.3 Å². The Morgan fingerprint density at radius 1 is 0.815 bits per heavy atom. The Kier molecular flexibility index (Phi) is 6.15. The van der Waals surface area contributed by atoms with Gasteiger partial charge in [-0.25, -0.2) is 4.99 Å². The maximum atomic E-state index is 12.6. The summed E-state index contributed by atoms with van der Waals surface area (Å²) < 4.78 is 0. The van der Waals surface area contributed by atoms with Crippen LogP contribution in [-0.4, -0.2) is 11.9 Å². The minimum Gasteiger partial charge on any atom is -0.326 e. The van der Waals surface area contributed by atoms with Gasteiger partial charge in [-0.3, -0.25) is 10.1 Å². The first-order valence-corrected chi connectivity index (χ1v) is 8.71. The molecule has 3 aromatic carbocycles. The number of benzene rings is 3. The normalized spacial score (nSPS) is 11.7. The van der Waals surface area contributed by atoms with Crippen LogP contribution in [0, 0.1) is 0 Å². The third kappa shape index (κ3) is 5.68. The lowest BCUT2D eigenvalue weighted by Gasteiger charge is -2.12. The Balaban J connectivity index is 1.81. The van der Waals surface area contributed by atoms with Crippen LogP contribution in [0.25, 0.3) is 6.08 Å². The third-order valence-corrected chi connectivity index (χ3v) is 3.81. The number of amides is 1.